The van der Waals surface area contributed by atoms with Crippen LogP contribution in [-0.4, -0.2) is 59.1 Å². The lowest BCUT2D eigenvalue weighted by Crippen LogP contribution is -2.41. The summed E-state index contributed by atoms with van der Waals surface area (Å²) in [6.07, 6.45) is 4.15. The molecule has 1 aromatic heterocycles. The van der Waals surface area contributed by atoms with E-state index in [-0.39, 0.29) is 25.0 Å². The number of morpholine rings is 1. The van der Waals surface area contributed by atoms with Gasteiger partial charge in [0.2, 0.25) is 5.95 Å². The normalized spacial score (nSPS) is 14.2. The summed E-state index contributed by atoms with van der Waals surface area (Å²) in [6.45, 7) is 1.44. The second-order valence-electron chi connectivity index (χ2n) is 7.51. The summed E-state index contributed by atoms with van der Waals surface area (Å²) in [5, 5.41) is 12.2. The molecule has 1 saturated heterocycles. The molecule has 3 aromatic rings. The van der Waals surface area contributed by atoms with E-state index in [4.69, 9.17) is 4.74 Å². The van der Waals surface area contributed by atoms with Crippen molar-refractivity contribution in [2.24, 2.45) is 0 Å². The third-order valence-corrected chi connectivity index (χ3v) is 5.31. The van der Waals surface area contributed by atoms with Crippen molar-refractivity contribution in [1.82, 2.24) is 9.55 Å². The van der Waals surface area contributed by atoms with Gasteiger partial charge in [0.1, 0.15) is 12.9 Å². The number of hydrogen-bond acceptors (Lipinski definition) is 6. The average molecular weight is 448 g/mol. The summed E-state index contributed by atoms with van der Waals surface area (Å²) < 4.78 is 7.04. The van der Waals surface area contributed by atoms with E-state index in [1.807, 2.05) is 22.8 Å². The molecular weight excluding hydrogens is 424 g/mol. The van der Waals surface area contributed by atoms with Crippen molar-refractivity contribution in [3.63, 3.8) is 0 Å². The second-order valence-corrected chi connectivity index (χ2v) is 7.51. The fourth-order valence-electron chi connectivity index (χ4n) is 3.74. The summed E-state index contributed by atoms with van der Waals surface area (Å²) in [5.74, 6) is -0.111. The molecule has 0 aliphatic carbocycles. The van der Waals surface area contributed by atoms with E-state index < -0.39 is 0 Å². The number of allylic oxidation sites excluding steroid dienone is 1. The van der Waals surface area contributed by atoms with Crippen LogP contribution in [-0.2, 0) is 20.9 Å². The molecule has 33 heavy (non-hydrogen) atoms. The molecule has 0 bridgehead atoms. The number of aliphatic hydroxyl groups is 1. The summed E-state index contributed by atoms with van der Waals surface area (Å²) >= 11 is 0. The number of benzene rings is 2. The van der Waals surface area contributed by atoms with E-state index in [1.54, 1.807) is 35.2 Å². The van der Waals surface area contributed by atoms with E-state index in [9.17, 15) is 19.5 Å². The Kier molecular flexibility index (Phi) is 6.92. The number of nitrogens with one attached hydrogen (secondary N) is 1. The second kappa shape index (κ2) is 10.2. The van der Waals surface area contributed by atoms with Crippen LogP contribution in [0.4, 0.5) is 11.6 Å². The van der Waals surface area contributed by atoms with Crippen LogP contribution in [0.3, 0.4) is 0 Å². The summed E-state index contributed by atoms with van der Waals surface area (Å²) in [7, 11) is 0. The Bertz CT molecular complexity index is 1220. The molecule has 0 unspecified atom stereocenters. The molecule has 1 aliphatic heterocycles. The van der Waals surface area contributed by atoms with E-state index >= 15 is 0 Å². The van der Waals surface area contributed by atoms with Crippen LogP contribution in [0, 0.1) is 0 Å². The molecule has 2 N–H and O–H groups in total. The first kappa shape index (κ1) is 22.4. The van der Waals surface area contributed by atoms with Crippen molar-refractivity contribution in [3.05, 3.63) is 59.7 Å². The van der Waals surface area contributed by atoms with Crippen LogP contribution < -0.4 is 10.2 Å². The molecule has 2 aromatic carbocycles. The van der Waals surface area contributed by atoms with Gasteiger partial charge in [-0.05, 0) is 48.4 Å². The number of aldehydes is 1. The molecule has 0 saturated carbocycles. The number of anilines is 2. The highest BCUT2D eigenvalue weighted by molar-refractivity contribution is 6.04. The lowest BCUT2D eigenvalue weighted by atomic mass is 10.1. The fourth-order valence-corrected chi connectivity index (χ4v) is 3.74. The topological polar surface area (TPSA) is 114 Å². The van der Waals surface area contributed by atoms with Crippen molar-refractivity contribution < 1.29 is 24.2 Å². The predicted octanol–water partition coefficient (Wildman–Crippen LogP) is 2.25. The first-order valence-corrected chi connectivity index (χ1v) is 10.6. The van der Waals surface area contributed by atoms with Crippen molar-refractivity contribution >= 4 is 46.8 Å². The Balaban J connectivity index is 1.65. The Morgan fingerprint density at radius 1 is 1.24 bits per heavy atom. The van der Waals surface area contributed by atoms with Crippen molar-refractivity contribution in [2.45, 2.75) is 13.0 Å². The zero-order chi connectivity index (χ0) is 23.2. The van der Waals surface area contributed by atoms with Gasteiger partial charge >= 0.3 is 0 Å². The Labute approximate surface area is 190 Å². The van der Waals surface area contributed by atoms with Crippen LogP contribution in [0.1, 0.15) is 22.3 Å². The number of aryl methyl sites for hydroxylation is 1. The van der Waals surface area contributed by atoms with Gasteiger partial charge < -0.3 is 19.3 Å². The number of carbonyl (C=O) groups excluding carboxylic acids is 3. The van der Waals surface area contributed by atoms with Crippen molar-refractivity contribution in [1.29, 1.82) is 0 Å². The maximum Gasteiger partial charge on any atom is 0.257 e. The minimum absolute atomic E-state index is 0.00145. The largest absolute Gasteiger partial charge is 0.396 e. The Hall–Kier alpha value is -3.82. The van der Waals surface area contributed by atoms with Gasteiger partial charge in [-0.2, -0.15) is 0 Å². The molecule has 4 rings (SSSR count). The van der Waals surface area contributed by atoms with Gasteiger partial charge in [-0.1, -0.05) is 18.2 Å². The van der Waals surface area contributed by atoms with Gasteiger partial charge in [-0.15, -0.1) is 0 Å². The quantitative estimate of drug-likeness (QED) is 0.404. The minimum atomic E-state index is -0.347. The van der Waals surface area contributed by atoms with Gasteiger partial charge in [0.05, 0.1) is 17.6 Å². The maximum absolute atomic E-state index is 12.9. The van der Waals surface area contributed by atoms with Crippen LogP contribution in [0.5, 0.6) is 0 Å². The zero-order valence-electron chi connectivity index (χ0n) is 17.9. The van der Waals surface area contributed by atoms with Crippen LogP contribution >= 0.6 is 0 Å². The molecule has 9 nitrogen and oxygen atoms in total. The summed E-state index contributed by atoms with van der Waals surface area (Å²) in [5.41, 5.74) is 3.27. The molecule has 0 atom stereocenters. The number of amides is 2. The van der Waals surface area contributed by atoms with Gasteiger partial charge in [-0.25, -0.2) is 4.98 Å². The molecule has 2 amide bonds. The monoisotopic (exact) mass is 448 g/mol. The highest BCUT2D eigenvalue weighted by Gasteiger charge is 2.22. The molecule has 1 aliphatic rings. The number of hydrogen-bond donors (Lipinski definition) is 2. The summed E-state index contributed by atoms with van der Waals surface area (Å²) in [6, 6.07) is 12.4. The smallest absolute Gasteiger partial charge is 0.257 e. The Morgan fingerprint density at radius 3 is 2.91 bits per heavy atom. The first-order chi connectivity index (χ1) is 16.1. The lowest BCUT2D eigenvalue weighted by molar-refractivity contribution is -0.125. The average Bonchev–Trinajstić information content (AvgIpc) is 3.17. The highest BCUT2D eigenvalue weighted by atomic mass is 16.5. The zero-order valence-corrected chi connectivity index (χ0v) is 17.9. The SMILES string of the molecule is O=C/C=C/c1cccc(C(=O)Nc2nc3cc(N4CCOCC4=O)ccc3n2CCCO)c1. The van der Waals surface area contributed by atoms with Crippen molar-refractivity contribution in [3.8, 4) is 0 Å². The number of rotatable bonds is 8. The molecule has 0 spiro atoms. The van der Waals surface area contributed by atoms with E-state index in [2.05, 4.69) is 10.3 Å². The van der Waals surface area contributed by atoms with Gasteiger partial charge in [0.25, 0.3) is 11.8 Å². The summed E-state index contributed by atoms with van der Waals surface area (Å²) in [4.78, 5) is 42.0. The highest BCUT2D eigenvalue weighted by Crippen LogP contribution is 2.26. The molecule has 0 radical (unpaired) electrons. The standard InChI is InChI=1S/C24H24N4O5/c29-11-2-5-17-4-1-6-18(14-17)23(32)26-24-25-20-15-19(27-10-13-33-16-22(27)31)7-8-21(20)28(24)9-3-12-30/h1-2,4-8,11,14-15,30H,3,9-10,12-13,16H2,(H,25,26,32)/b5-2+. The van der Waals surface area contributed by atoms with Crippen LogP contribution in [0.25, 0.3) is 17.1 Å². The third-order valence-electron chi connectivity index (χ3n) is 5.31. The van der Waals surface area contributed by atoms with Gasteiger partial charge in [0, 0.05) is 30.9 Å². The Morgan fingerprint density at radius 2 is 2.12 bits per heavy atom. The number of carbonyl (C=O) groups is 3. The van der Waals surface area contributed by atoms with Crippen LogP contribution in [0.15, 0.2) is 48.5 Å². The number of ether oxygens (including phenoxy) is 1. The van der Waals surface area contributed by atoms with Gasteiger partial charge in [-0.3, -0.25) is 19.7 Å². The number of fused-ring (bicyclic) bond motifs is 1. The number of nitrogens with zero attached hydrogens (tertiary/aromatic N) is 3. The maximum atomic E-state index is 12.9. The predicted molar refractivity (Wildman–Crippen MR) is 124 cm³/mol. The van der Waals surface area contributed by atoms with Gasteiger partial charge in [0.15, 0.2) is 0 Å². The molecule has 2 heterocycles. The number of imidazole rings is 1. The molecule has 170 valence electrons. The number of aromatic nitrogens is 2. The first-order valence-electron chi connectivity index (χ1n) is 10.6. The molecule has 9 heteroatoms. The fraction of sp³-hybridized carbons (Fsp3) is 0.250. The minimum Gasteiger partial charge on any atom is -0.396 e. The van der Waals surface area contributed by atoms with E-state index in [1.165, 1.54) is 6.08 Å². The third kappa shape index (κ3) is 5.00. The molecular formula is C24H24N4O5. The van der Waals surface area contributed by atoms with Crippen molar-refractivity contribution in [2.75, 3.05) is 36.6 Å². The lowest BCUT2D eigenvalue weighted by Gasteiger charge is -2.26. The van der Waals surface area contributed by atoms with Crippen LogP contribution in [0.2, 0.25) is 0 Å². The van der Waals surface area contributed by atoms with E-state index in [0.717, 1.165) is 16.8 Å². The number of aliphatic hydroxyl groups excluding tert-OH is 1. The van der Waals surface area contributed by atoms with E-state index in [0.29, 0.717) is 49.4 Å². The molecule has 1 fully saturated rings.